The lowest BCUT2D eigenvalue weighted by molar-refractivity contribution is 0.0177. The normalized spacial score (nSPS) is 14.7. The third kappa shape index (κ3) is 5.57. The standard InChI is InChI=1S/C26H33N3O3/c1-4-31-18-23(30)16-28(21-13-14-21)17-25-20(3)27-29(22-10-6-5-7-11-22)26(25)32-24-12-8-9-19(2)15-24/h5-12,15,21,23,30H,4,13-14,16-18H2,1-3H3. The molecule has 1 heterocycles. The van der Waals surface area contributed by atoms with Gasteiger partial charge >= 0.3 is 0 Å². The lowest BCUT2D eigenvalue weighted by Gasteiger charge is -2.25. The molecule has 170 valence electrons. The van der Waals surface area contributed by atoms with Crippen molar-refractivity contribution in [1.29, 1.82) is 0 Å². The fourth-order valence-corrected chi connectivity index (χ4v) is 3.92. The van der Waals surface area contributed by atoms with Crippen molar-refractivity contribution in [1.82, 2.24) is 14.7 Å². The first-order chi connectivity index (χ1) is 15.5. The van der Waals surface area contributed by atoms with E-state index in [1.165, 1.54) is 0 Å². The molecular formula is C26H33N3O3. The highest BCUT2D eigenvalue weighted by Crippen LogP contribution is 2.35. The molecule has 3 aromatic rings. The molecule has 0 aliphatic heterocycles. The molecule has 0 radical (unpaired) electrons. The molecule has 6 heteroatoms. The summed E-state index contributed by atoms with van der Waals surface area (Å²) in [5, 5.41) is 15.3. The van der Waals surface area contributed by atoms with Crippen molar-refractivity contribution >= 4 is 0 Å². The summed E-state index contributed by atoms with van der Waals surface area (Å²) < 4.78 is 13.8. The van der Waals surface area contributed by atoms with Gasteiger partial charge in [-0.05, 0) is 63.4 Å². The molecule has 0 spiro atoms. The lowest BCUT2D eigenvalue weighted by atomic mass is 10.2. The van der Waals surface area contributed by atoms with Crippen LogP contribution in [0.4, 0.5) is 0 Å². The summed E-state index contributed by atoms with van der Waals surface area (Å²) in [6, 6.07) is 18.6. The number of hydrogen-bond acceptors (Lipinski definition) is 5. The Hall–Kier alpha value is -2.67. The topological polar surface area (TPSA) is 59.8 Å². The molecule has 6 nitrogen and oxygen atoms in total. The van der Waals surface area contributed by atoms with E-state index in [4.69, 9.17) is 14.6 Å². The van der Waals surface area contributed by atoms with Crippen LogP contribution < -0.4 is 4.74 Å². The molecule has 0 amide bonds. The molecule has 1 N–H and O–H groups in total. The van der Waals surface area contributed by atoms with E-state index >= 15 is 0 Å². The summed E-state index contributed by atoms with van der Waals surface area (Å²) in [5.41, 5.74) is 4.08. The highest BCUT2D eigenvalue weighted by atomic mass is 16.5. The number of rotatable bonds is 11. The lowest BCUT2D eigenvalue weighted by Crippen LogP contribution is -2.36. The molecule has 1 aliphatic carbocycles. The summed E-state index contributed by atoms with van der Waals surface area (Å²) in [5.74, 6) is 1.52. The molecule has 1 aliphatic rings. The SMILES string of the molecule is CCOCC(O)CN(Cc1c(C)nn(-c2ccccc2)c1Oc1cccc(C)c1)C1CC1. The quantitative estimate of drug-likeness (QED) is 0.475. The summed E-state index contributed by atoms with van der Waals surface area (Å²) in [6.07, 6.45) is 1.80. The average Bonchev–Trinajstić information content (AvgIpc) is 3.59. The average molecular weight is 436 g/mol. The first kappa shape index (κ1) is 22.5. The predicted octanol–water partition coefficient (Wildman–Crippen LogP) is 4.64. The van der Waals surface area contributed by atoms with E-state index in [0.29, 0.717) is 32.3 Å². The van der Waals surface area contributed by atoms with Crippen LogP contribution in [0.15, 0.2) is 54.6 Å². The number of ether oxygens (including phenoxy) is 2. The summed E-state index contributed by atoms with van der Waals surface area (Å²) in [7, 11) is 0. The van der Waals surface area contributed by atoms with Crippen LogP contribution in [0.3, 0.4) is 0 Å². The summed E-state index contributed by atoms with van der Waals surface area (Å²) in [4.78, 5) is 2.34. The largest absolute Gasteiger partial charge is 0.439 e. The van der Waals surface area contributed by atoms with E-state index < -0.39 is 6.10 Å². The Kier molecular flexibility index (Phi) is 7.25. The molecule has 1 aromatic heterocycles. The van der Waals surface area contributed by atoms with Crippen molar-refractivity contribution in [3.05, 3.63) is 71.4 Å². The number of aliphatic hydroxyl groups is 1. The van der Waals surface area contributed by atoms with Crippen LogP contribution in [0.5, 0.6) is 11.6 Å². The van der Waals surface area contributed by atoms with Gasteiger partial charge in [-0.3, -0.25) is 4.90 Å². The van der Waals surface area contributed by atoms with Gasteiger partial charge in [-0.2, -0.15) is 5.10 Å². The van der Waals surface area contributed by atoms with E-state index in [1.807, 2.05) is 67.1 Å². The fraction of sp³-hybridized carbons (Fsp3) is 0.423. The van der Waals surface area contributed by atoms with E-state index in [9.17, 15) is 5.11 Å². The van der Waals surface area contributed by atoms with Crippen molar-refractivity contribution in [2.45, 2.75) is 52.3 Å². The van der Waals surface area contributed by atoms with Crippen molar-refractivity contribution in [2.75, 3.05) is 19.8 Å². The number of aliphatic hydroxyl groups excluding tert-OH is 1. The molecule has 1 unspecified atom stereocenters. The van der Waals surface area contributed by atoms with Crippen molar-refractivity contribution in [3.63, 3.8) is 0 Å². The minimum absolute atomic E-state index is 0.356. The number of benzene rings is 2. The Morgan fingerprint density at radius 3 is 2.59 bits per heavy atom. The number of aryl methyl sites for hydroxylation is 2. The smallest absolute Gasteiger partial charge is 0.227 e. The van der Waals surface area contributed by atoms with Crippen molar-refractivity contribution < 1.29 is 14.6 Å². The van der Waals surface area contributed by atoms with Crippen LogP contribution in [0.2, 0.25) is 0 Å². The molecule has 4 rings (SSSR count). The molecule has 32 heavy (non-hydrogen) atoms. The van der Waals surface area contributed by atoms with Crippen LogP contribution in [0.25, 0.3) is 5.69 Å². The number of aromatic nitrogens is 2. The van der Waals surface area contributed by atoms with Gasteiger partial charge in [-0.25, -0.2) is 4.68 Å². The third-order valence-corrected chi connectivity index (χ3v) is 5.73. The molecule has 0 saturated heterocycles. The first-order valence-electron chi connectivity index (χ1n) is 11.4. The highest BCUT2D eigenvalue weighted by Gasteiger charge is 2.32. The van der Waals surface area contributed by atoms with Gasteiger partial charge < -0.3 is 14.6 Å². The number of para-hydroxylation sites is 1. The van der Waals surface area contributed by atoms with Gasteiger partial charge in [0.05, 0.1) is 29.7 Å². The second-order valence-electron chi connectivity index (χ2n) is 8.51. The molecule has 1 fully saturated rings. The minimum atomic E-state index is -0.513. The molecular weight excluding hydrogens is 402 g/mol. The Bertz CT molecular complexity index is 1010. The summed E-state index contributed by atoms with van der Waals surface area (Å²) in [6.45, 7) is 8.24. The molecule has 1 saturated carbocycles. The van der Waals surface area contributed by atoms with Crippen LogP contribution >= 0.6 is 0 Å². The maximum Gasteiger partial charge on any atom is 0.227 e. The highest BCUT2D eigenvalue weighted by molar-refractivity contribution is 5.43. The molecule has 2 aromatic carbocycles. The zero-order valence-corrected chi connectivity index (χ0v) is 19.2. The summed E-state index contributed by atoms with van der Waals surface area (Å²) >= 11 is 0. The van der Waals surface area contributed by atoms with Gasteiger partial charge in [0.2, 0.25) is 5.88 Å². The van der Waals surface area contributed by atoms with Crippen molar-refractivity contribution in [3.8, 4) is 17.3 Å². The Balaban J connectivity index is 1.66. The number of nitrogens with zero attached hydrogens (tertiary/aromatic N) is 3. The van der Waals surface area contributed by atoms with Gasteiger partial charge in [0.15, 0.2) is 0 Å². The Morgan fingerprint density at radius 1 is 1.12 bits per heavy atom. The van der Waals surface area contributed by atoms with Gasteiger partial charge in [0, 0.05) is 25.7 Å². The van der Waals surface area contributed by atoms with Crippen LogP contribution in [-0.2, 0) is 11.3 Å². The fourth-order valence-electron chi connectivity index (χ4n) is 3.92. The minimum Gasteiger partial charge on any atom is -0.439 e. The second-order valence-corrected chi connectivity index (χ2v) is 8.51. The van der Waals surface area contributed by atoms with Gasteiger partial charge in [-0.1, -0.05) is 30.3 Å². The molecule has 0 bridgehead atoms. The van der Waals surface area contributed by atoms with Crippen LogP contribution in [-0.4, -0.2) is 51.7 Å². The van der Waals surface area contributed by atoms with E-state index in [1.54, 1.807) is 0 Å². The van der Waals surface area contributed by atoms with Crippen LogP contribution in [0, 0.1) is 13.8 Å². The van der Waals surface area contributed by atoms with E-state index in [2.05, 4.69) is 17.9 Å². The zero-order chi connectivity index (χ0) is 22.5. The second kappa shape index (κ2) is 10.3. The molecule has 1 atom stereocenters. The van der Waals surface area contributed by atoms with Crippen LogP contribution in [0.1, 0.15) is 36.6 Å². The monoisotopic (exact) mass is 435 g/mol. The maximum atomic E-state index is 10.5. The van der Waals surface area contributed by atoms with E-state index in [-0.39, 0.29) is 0 Å². The Labute approximate surface area is 190 Å². The number of hydrogen-bond donors (Lipinski definition) is 1. The van der Waals surface area contributed by atoms with E-state index in [0.717, 1.165) is 47.0 Å². The third-order valence-electron chi connectivity index (χ3n) is 5.73. The van der Waals surface area contributed by atoms with Gasteiger partial charge in [-0.15, -0.1) is 0 Å². The first-order valence-corrected chi connectivity index (χ1v) is 11.4. The maximum absolute atomic E-state index is 10.5. The van der Waals surface area contributed by atoms with Gasteiger partial charge in [0.25, 0.3) is 0 Å². The predicted molar refractivity (Wildman–Crippen MR) is 125 cm³/mol. The zero-order valence-electron chi connectivity index (χ0n) is 19.2. The Morgan fingerprint density at radius 2 is 1.91 bits per heavy atom. The van der Waals surface area contributed by atoms with Crippen molar-refractivity contribution in [2.24, 2.45) is 0 Å². The van der Waals surface area contributed by atoms with Gasteiger partial charge in [0.1, 0.15) is 5.75 Å².